The Morgan fingerprint density at radius 1 is 1.17 bits per heavy atom. The summed E-state index contributed by atoms with van der Waals surface area (Å²) in [6.45, 7) is 7.94. The van der Waals surface area contributed by atoms with Crippen LogP contribution in [-0.4, -0.2) is 122 Å². The van der Waals surface area contributed by atoms with E-state index in [9.17, 15) is 23.1 Å². The first-order valence-corrected chi connectivity index (χ1v) is 18.3. The van der Waals surface area contributed by atoms with E-state index in [2.05, 4.69) is 19.9 Å². The Bertz CT molecular complexity index is 1660. The van der Waals surface area contributed by atoms with Crippen molar-refractivity contribution in [3.63, 3.8) is 0 Å². The number of aromatic nitrogens is 2. The summed E-state index contributed by atoms with van der Waals surface area (Å²) in [6.07, 6.45) is 0.202. The lowest BCUT2D eigenvalue weighted by atomic mass is 10.2. The number of rotatable bonds is 15. The maximum atomic E-state index is 13.8. The van der Waals surface area contributed by atoms with Crippen LogP contribution < -0.4 is 14.8 Å². The largest absolute Gasteiger partial charge is 0.487 e. The van der Waals surface area contributed by atoms with Gasteiger partial charge < -0.3 is 29.2 Å². The Morgan fingerprint density at radius 2 is 1.91 bits per heavy atom. The van der Waals surface area contributed by atoms with E-state index in [0.717, 1.165) is 29.3 Å². The van der Waals surface area contributed by atoms with E-state index >= 15 is 0 Å². The molecular weight excluding hydrogens is 649 g/mol. The van der Waals surface area contributed by atoms with Gasteiger partial charge in [0.15, 0.2) is 5.16 Å². The molecule has 2 saturated heterocycles. The third-order valence-corrected chi connectivity index (χ3v) is 10.1. The van der Waals surface area contributed by atoms with Gasteiger partial charge in [-0.2, -0.15) is 0 Å². The van der Waals surface area contributed by atoms with Crippen LogP contribution in [0.15, 0.2) is 52.5 Å². The van der Waals surface area contributed by atoms with Crippen molar-refractivity contribution in [3.05, 3.63) is 42.5 Å². The zero-order valence-electron chi connectivity index (χ0n) is 26.8. The van der Waals surface area contributed by atoms with E-state index in [1.807, 2.05) is 46.9 Å². The molecule has 2 aromatic carbocycles. The van der Waals surface area contributed by atoms with Crippen LogP contribution in [0.4, 0.5) is 5.69 Å². The van der Waals surface area contributed by atoms with Gasteiger partial charge in [-0.05, 0) is 44.4 Å². The van der Waals surface area contributed by atoms with E-state index in [1.165, 1.54) is 30.0 Å². The predicted octanol–water partition coefficient (Wildman–Crippen LogP) is 1.73. The molecule has 2 aliphatic heterocycles. The summed E-state index contributed by atoms with van der Waals surface area (Å²) < 4.78 is 49.0. The second kappa shape index (κ2) is 15.8. The summed E-state index contributed by atoms with van der Waals surface area (Å²) in [6, 6.07) is 11.2. The van der Waals surface area contributed by atoms with Crippen molar-refractivity contribution in [2.45, 2.75) is 55.3 Å². The topological polar surface area (TPSA) is 165 Å². The number of benzene rings is 2. The number of sulfonamides is 1. The summed E-state index contributed by atoms with van der Waals surface area (Å²) in [5, 5.41) is 12.9. The molecule has 2 fully saturated rings. The van der Waals surface area contributed by atoms with E-state index in [0.29, 0.717) is 31.9 Å². The van der Waals surface area contributed by atoms with E-state index in [4.69, 9.17) is 14.2 Å². The highest BCUT2D eigenvalue weighted by Crippen LogP contribution is 2.31. The number of carbonyl (C=O) groups is 2. The molecule has 0 saturated carbocycles. The van der Waals surface area contributed by atoms with Gasteiger partial charge in [0.1, 0.15) is 16.7 Å². The number of imidazole rings is 1. The zero-order valence-corrected chi connectivity index (χ0v) is 28.4. The van der Waals surface area contributed by atoms with Crippen LogP contribution in [0, 0.1) is 0 Å². The number of nitrogens with zero attached hydrogens (tertiary/aromatic N) is 4. The molecule has 256 valence electrons. The molecule has 1 aromatic heterocycles. The molecule has 3 atom stereocenters. The molecule has 0 radical (unpaired) electrons. The fourth-order valence-electron chi connectivity index (χ4n) is 5.72. The molecule has 16 heteroatoms. The number of anilines is 1. The fourth-order valence-corrected chi connectivity index (χ4v) is 7.64. The molecule has 5 rings (SSSR count). The first-order chi connectivity index (χ1) is 22.6. The number of ether oxygens (including phenoxy) is 3. The van der Waals surface area contributed by atoms with Crippen LogP contribution in [0.25, 0.3) is 11.0 Å². The number of piperazine rings is 1. The number of fused-ring (bicyclic) bond motifs is 1. The standard InChI is InChI=1S/C31H42N6O8S2/c1-4-43-30-24(18-29(40)45-30)34-47(41,42)27-10-9-22(32-28(39)20-36-13-11-35(12-14-36)15-16-38)17-26(27)44-21(2)19-37-25-8-6-5-7-23(25)33-31(37)46-3/h5-10,17,21,24,30,34,38H,4,11-16,18-20H2,1-3H3,(H,32,39). The minimum Gasteiger partial charge on any atom is -0.487 e. The van der Waals surface area contributed by atoms with Crippen LogP contribution >= 0.6 is 11.8 Å². The van der Waals surface area contributed by atoms with Gasteiger partial charge in [-0.3, -0.25) is 19.4 Å². The highest BCUT2D eigenvalue weighted by Gasteiger charge is 2.39. The number of nitrogens with one attached hydrogen (secondary N) is 2. The Hall–Kier alpha value is -3.25. The van der Waals surface area contributed by atoms with Crippen LogP contribution in [0.2, 0.25) is 0 Å². The minimum absolute atomic E-state index is 0.0359. The SMILES string of the molecule is CCOC1OC(=O)CC1NS(=O)(=O)c1ccc(NC(=O)CN2CCN(CCO)CC2)cc1OC(C)Cn1c(SC)nc2ccccc21. The molecular formula is C31H42N6O8S2. The molecule has 3 N–H and O–H groups in total. The highest BCUT2D eigenvalue weighted by molar-refractivity contribution is 7.98. The lowest BCUT2D eigenvalue weighted by Crippen LogP contribution is -2.49. The number of hydrogen-bond acceptors (Lipinski definition) is 12. The smallest absolute Gasteiger partial charge is 0.310 e. The van der Waals surface area contributed by atoms with Gasteiger partial charge in [0.2, 0.25) is 22.2 Å². The molecule has 3 aromatic rings. The molecule has 0 spiro atoms. The van der Waals surface area contributed by atoms with Crippen LogP contribution in [-0.2, 0) is 35.6 Å². The second-order valence-electron chi connectivity index (χ2n) is 11.4. The summed E-state index contributed by atoms with van der Waals surface area (Å²) in [5.41, 5.74) is 2.14. The third kappa shape index (κ3) is 8.81. The fraction of sp³-hybridized carbons (Fsp3) is 0.516. The van der Waals surface area contributed by atoms with Gasteiger partial charge in [-0.15, -0.1) is 0 Å². The van der Waals surface area contributed by atoms with Crippen LogP contribution in [0.1, 0.15) is 20.3 Å². The molecule has 3 heterocycles. The van der Waals surface area contributed by atoms with E-state index in [-0.39, 0.29) is 42.7 Å². The van der Waals surface area contributed by atoms with Gasteiger partial charge in [-0.1, -0.05) is 23.9 Å². The van der Waals surface area contributed by atoms with Gasteiger partial charge >= 0.3 is 5.97 Å². The summed E-state index contributed by atoms with van der Waals surface area (Å²) in [5.74, 6) is -0.774. The second-order valence-corrected chi connectivity index (χ2v) is 13.9. The molecule has 0 aliphatic carbocycles. The number of thioether (sulfide) groups is 1. The Labute approximate surface area is 278 Å². The van der Waals surface area contributed by atoms with Crippen molar-refractivity contribution in [1.82, 2.24) is 24.1 Å². The quantitative estimate of drug-likeness (QED) is 0.157. The number of aliphatic hydroxyl groups is 1. The molecule has 2 aliphatic rings. The predicted molar refractivity (Wildman–Crippen MR) is 177 cm³/mol. The number of amides is 1. The number of esters is 1. The molecule has 3 unspecified atom stereocenters. The number of carbonyl (C=O) groups excluding carboxylic acids is 2. The van der Waals surface area contributed by atoms with E-state index in [1.54, 1.807) is 6.92 Å². The number of hydrogen-bond donors (Lipinski definition) is 3. The monoisotopic (exact) mass is 690 g/mol. The lowest BCUT2D eigenvalue weighted by Gasteiger charge is -2.33. The lowest BCUT2D eigenvalue weighted by molar-refractivity contribution is -0.163. The molecule has 47 heavy (non-hydrogen) atoms. The average molecular weight is 691 g/mol. The van der Waals surface area contributed by atoms with E-state index < -0.39 is 34.4 Å². The number of para-hydroxylation sites is 2. The minimum atomic E-state index is -4.24. The van der Waals surface area contributed by atoms with Gasteiger partial charge in [0, 0.05) is 51.1 Å². The summed E-state index contributed by atoms with van der Waals surface area (Å²) >= 11 is 1.50. The van der Waals surface area contributed by atoms with Crippen molar-refractivity contribution in [2.24, 2.45) is 0 Å². The summed E-state index contributed by atoms with van der Waals surface area (Å²) in [7, 11) is -4.24. The van der Waals surface area contributed by atoms with Crippen molar-refractivity contribution in [2.75, 3.05) is 64.1 Å². The van der Waals surface area contributed by atoms with Crippen molar-refractivity contribution in [3.8, 4) is 5.75 Å². The average Bonchev–Trinajstić information content (AvgIpc) is 3.56. The number of aliphatic hydroxyl groups excluding tert-OH is 1. The third-order valence-electron chi connectivity index (χ3n) is 7.94. The first-order valence-electron chi connectivity index (χ1n) is 15.6. The van der Waals surface area contributed by atoms with Gasteiger partial charge in [0.25, 0.3) is 0 Å². The number of β-amino-alcohol motifs (C(OH)–C–C–N with tert-alkyl or cyclic N) is 1. The molecule has 1 amide bonds. The Kier molecular flexibility index (Phi) is 11.8. The van der Waals surface area contributed by atoms with Crippen molar-refractivity contribution < 1.29 is 37.3 Å². The maximum Gasteiger partial charge on any atom is 0.310 e. The normalized spacial score (nSPS) is 20.0. The first kappa shape index (κ1) is 35.1. The maximum absolute atomic E-state index is 13.8. The Balaban J connectivity index is 1.37. The highest BCUT2D eigenvalue weighted by atomic mass is 32.2. The zero-order chi connectivity index (χ0) is 33.6. The van der Waals surface area contributed by atoms with Gasteiger partial charge in [-0.25, -0.2) is 18.1 Å². The van der Waals surface area contributed by atoms with Crippen LogP contribution in [0.3, 0.4) is 0 Å². The van der Waals surface area contributed by atoms with Crippen molar-refractivity contribution >= 4 is 50.4 Å². The van der Waals surface area contributed by atoms with Crippen molar-refractivity contribution in [1.29, 1.82) is 0 Å². The van der Waals surface area contributed by atoms with Gasteiger partial charge in [0.05, 0.1) is 43.2 Å². The number of cyclic esters (lactones) is 1. The molecule has 14 nitrogen and oxygen atoms in total. The molecule has 0 bridgehead atoms. The van der Waals surface area contributed by atoms with Crippen LogP contribution in [0.5, 0.6) is 5.75 Å². The summed E-state index contributed by atoms with van der Waals surface area (Å²) in [4.78, 5) is 33.7. The Morgan fingerprint density at radius 3 is 2.64 bits per heavy atom.